The molecule has 3 aromatic heterocycles. The van der Waals surface area contributed by atoms with Crippen LogP contribution in [-0.2, 0) is 0 Å². The van der Waals surface area contributed by atoms with E-state index < -0.39 is 0 Å². The molecule has 1 atom stereocenters. The van der Waals surface area contributed by atoms with Gasteiger partial charge in [-0.1, -0.05) is 83.7 Å². The average molecular weight is 742 g/mol. The van der Waals surface area contributed by atoms with Crippen molar-refractivity contribution in [3.8, 4) is 11.4 Å². The van der Waals surface area contributed by atoms with Crippen LogP contribution in [0.2, 0.25) is 0 Å². The molecule has 0 radical (unpaired) electrons. The van der Waals surface area contributed by atoms with Gasteiger partial charge in [0.05, 0.1) is 27.6 Å². The second-order valence-electron chi connectivity index (χ2n) is 19.1. The monoisotopic (exact) mass is 741 g/mol. The number of hydrogen-bond donors (Lipinski definition) is 0. The number of nitrogens with zero attached hydrogens (tertiary/aromatic N) is 5. The molecule has 2 aliphatic rings. The maximum Gasteiger partial charge on any atom is 0.145 e. The molecule has 0 amide bonds. The summed E-state index contributed by atoms with van der Waals surface area (Å²) in [5.74, 6) is 1.62. The van der Waals surface area contributed by atoms with E-state index >= 15 is 0 Å². The van der Waals surface area contributed by atoms with Crippen LogP contribution in [0, 0.1) is 26.2 Å². The van der Waals surface area contributed by atoms with Crippen LogP contribution >= 0.6 is 0 Å². The van der Waals surface area contributed by atoms with Crippen molar-refractivity contribution in [2.75, 3.05) is 0 Å². The SMILES string of the molecule is Cc1ccc2c(c1)c1ccc(-n3c4ccc(C(C)C)cc4c4cccnc43)cc1n2-c1cc(C2=N[C@](C)(C(C)(C)C)C(C)(C)N2C2CCCCC2)c(C)cc1C. The van der Waals surface area contributed by atoms with Crippen molar-refractivity contribution in [1.29, 1.82) is 0 Å². The van der Waals surface area contributed by atoms with Crippen molar-refractivity contribution in [3.63, 3.8) is 0 Å². The summed E-state index contributed by atoms with van der Waals surface area (Å²) >= 11 is 0. The van der Waals surface area contributed by atoms with E-state index in [2.05, 4.69) is 169 Å². The summed E-state index contributed by atoms with van der Waals surface area (Å²) in [6, 6.07) is 30.5. The minimum atomic E-state index is -0.268. The summed E-state index contributed by atoms with van der Waals surface area (Å²) in [5.41, 5.74) is 12.9. The van der Waals surface area contributed by atoms with Gasteiger partial charge in [-0.25, -0.2) is 4.98 Å². The van der Waals surface area contributed by atoms with E-state index in [4.69, 9.17) is 9.98 Å². The van der Waals surface area contributed by atoms with Crippen molar-refractivity contribution in [1.82, 2.24) is 19.0 Å². The molecular weight excluding hydrogens is 683 g/mol. The molecule has 1 saturated carbocycles. The van der Waals surface area contributed by atoms with Crippen LogP contribution in [0.5, 0.6) is 0 Å². The van der Waals surface area contributed by atoms with E-state index in [-0.39, 0.29) is 16.5 Å². The highest BCUT2D eigenvalue weighted by Crippen LogP contribution is 2.52. The van der Waals surface area contributed by atoms with Crippen molar-refractivity contribution in [2.45, 2.75) is 131 Å². The Labute approximate surface area is 333 Å². The van der Waals surface area contributed by atoms with Gasteiger partial charge in [0, 0.05) is 50.7 Å². The van der Waals surface area contributed by atoms with Crippen LogP contribution in [0.15, 0.2) is 90.1 Å². The molecule has 1 fully saturated rings. The molecule has 0 N–H and O–H groups in total. The molecule has 0 saturated heterocycles. The van der Waals surface area contributed by atoms with E-state index in [1.54, 1.807) is 0 Å². The molecule has 5 nitrogen and oxygen atoms in total. The first-order chi connectivity index (χ1) is 26.6. The summed E-state index contributed by atoms with van der Waals surface area (Å²) < 4.78 is 4.89. The van der Waals surface area contributed by atoms with Crippen molar-refractivity contribution in [2.24, 2.45) is 10.4 Å². The fraction of sp³-hybridized carbons (Fsp3) is 0.412. The van der Waals surface area contributed by atoms with Gasteiger partial charge in [0.15, 0.2) is 0 Å². The normalized spacial score (nSPS) is 19.4. The van der Waals surface area contributed by atoms with Crippen LogP contribution < -0.4 is 0 Å². The Kier molecular flexibility index (Phi) is 8.40. The smallest absolute Gasteiger partial charge is 0.145 e. The minimum Gasteiger partial charge on any atom is -0.346 e. The van der Waals surface area contributed by atoms with Crippen LogP contribution in [0.25, 0.3) is 55.1 Å². The zero-order valence-electron chi connectivity index (χ0n) is 35.5. The molecule has 0 unspecified atom stereocenters. The first-order valence-corrected chi connectivity index (χ1v) is 21.1. The van der Waals surface area contributed by atoms with Gasteiger partial charge in [0.25, 0.3) is 0 Å². The number of rotatable bonds is 5. The van der Waals surface area contributed by atoms with Gasteiger partial charge < -0.3 is 9.47 Å². The molecule has 0 bridgehead atoms. The maximum absolute atomic E-state index is 5.87. The van der Waals surface area contributed by atoms with E-state index in [9.17, 15) is 0 Å². The Morgan fingerprint density at radius 1 is 0.696 bits per heavy atom. The van der Waals surface area contributed by atoms with Crippen molar-refractivity contribution < 1.29 is 0 Å². The Bertz CT molecular complexity index is 2720. The zero-order valence-corrected chi connectivity index (χ0v) is 35.5. The lowest BCUT2D eigenvalue weighted by Gasteiger charge is -2.52. The topological polar surface area (TPSA) is 38.4 Å². The first kappa shape index (κ1) is 36.7. The molecular formula is C51H59N5. The number of pyridine rings is 1. The fourth-order valence-corrected chi connectivity index (χ4v) is 10.5. The minimum absolute atomic E-state index is 0.0221. The Morgan fingerprint density at radius 2 is 1.41 bits per heavy atom. The number of aryl methyl sites for hydroxylation is 3. The Morgan fingerprint density at radius 3 is 2.14 bits per heavy atom. The van der Waals surface area contributed by atoms with E-state index in [1.165, 1.54) is 110 Å². The number of hydrogen-bond acceptors (Lipinski definition) is 3. The summed E-state index contributed by atoms with van der Waals surface area (Å²) in [7, 11) is 0. The number of amidine groups is 1. The van der Waals surface area contributed by atoms with Gasteiger partial charge >= 0.3 is 0 Å². The quantitative estimate of drug-likeness (QED) is 0.176. The maximum atomic E-state index is 5.87. The first-order valence-electron chi connectivity index (χ1n) is 21.1. The number of benzene rings is 4. The van der Waals surface area contributed by atoms with Gasteiger partial charge in [-0.15, -0.1) is 0 Å². The Balaban J connectivity index is 1.30. The highest BCUT2D eigenvalue weighted by atomic mass is 15.4. The standard InChI is InChI=1S/C51H59N5/c1-31(2)35-20-24-43-42(28-35)39-18-15-25-52-47(39)54(43)37-21-22-38-41-26-32(3)19-23-44(41)55(46(38)29-37)45-30-40(33(4)27-34(45)5)48-53-51(11,49(6,7)8)50(9,10)56(48)36-16-13-12-14-17-36/h15,18-31,36H,12-14,16-17H2,1-11H3/t51-/m1/s1. The second-order valence-corrected chi connectivity index (χ2v) is 19.1. The molecule has 4 heterocycles. The van der Waals surface area contributed by atoms with Crippen molar-refractivity contribution in [3.05, 3.63) is 113 Å². The van der Waals surface area contributed by atoms with Crippen LogP contribution in [0.3, 0.4) is 0 Å². The van der Waals surface area contributed by atoms with E-state index in [0.29, 0.717) is 12.0 Å². The second kappa shape index (κ2) is 12.8. The lowest BCUT2D eigenvalue weighted by molar-refractivity contribution is 0.0331. The van der Waals surface area contributed by atoms with Crippen LogP contribution in [0.4, 0.5) is 0 Å². The molecule has 288 valence electrons. The highest BCUT2D eigenvalue weighted by Gasteiger charge is 2.59. The molecule has 4 aromatic carbocycles. The van der Waals surface area contributed by atoms with E-state index in [0.717, 1.165) is 11.3 Å². The van der Waals surface area contributed by atoms with Gasteiger partial charge in [0.1, 0.15) is 11.5 Å². The predicted molar refractivity (Wildman–Crippen MR) is 238 cm³/mol. The molecule has 1 aliphatic carbocycles. The zero-order chi connectivity index (χ0) is 39.5. The van der Waals surface area contributed by atoms with Crippen LogP contribution in [-0.4, -0.2) is 42.0 Å². The number of aromatic nitrogens is 3. The van der Waals surface area contributed by atoms with Gasteiger partial charge in [-0.05, 0) is 137 Å². The number of aliphatic imine (C=N–C) groups is 1. The fourth-order valence-electron chi connectivity index (χ4n) is 10.5. The molecule has 5 heteroatoms. The summed E-state index contributed by atoms with van der Waals surface area (Å²) in [6.45, 7) is 25.8. The van der Waals surface area contributed by atoms with Gasteiger partial charge in [-0.3, -0.25) is 9.56 Å². The lowest BCUT2D eigenvalue weighted by Crippen LogP contribution is -2.62. The number of fused-ring (bicyclic) bond motifs is 6. The van der Waals surface area contributed by atoms with Crippen molar-refractivity contribution >= 4 is 49.6 Å². The average Bonchev–Trinajstić information content (AvgIpc) is 3.73. The van der Waals surface area contributed by atoms with Gasteiger partial charge in [-0.2, -0.15) is 0 Å². The van der Waals surface area contributed by atoms with Crippen LogP contribution in [0.1, 0.15) is 121 Å². The highest BCUT2D eigenvalue weighted by molar-refractivity contribution is 6.12. The molecule has 56 heavy (non-hydrogen) atoms. The molecule has 0 spiro atoms. The molecule has 7 aromatic rings. The molecule has 9 rings (SSSR count). The third-order valence-electron chi connectivity index (χ3n) is 14.2. The third-order valence-corrected chi connectivity index (χ3v) is 14.2. The molecule has 1 aliphatic heterocycles. The van der Waals surface area contributed by atoms with Gasteiger partial charge in [0.2, 0.25) is 0 Å². The summed E-state index contributed by atoms with van der Waals surface area (Å²) in [4.78, 5) is 13.6. The third kappa shape index (κ3) is 5.32. The largest absolute Gasteiger partial charge is 0.346 e. The Hall–Kier alpha value is -4.90. The summed E-state index contributed by atoms with van der Waals surface area (Å²) in [6.07, 6.45) is 8.29. The lowest BCUT2D eigenvalue weighted by atomic mass is 9.64. The van der Waals surface area contributed by atoms with E-state index in [1.807, 2.05) is 6.20 Å². The summed E-state index contributed by atoms with van der Waals surface area (Å²) in [5, 5.41) is 4.97. The predicted octanol–water partition coefficient (Wildman–Crippen LogP) is 13.3.